The topological polar surface area (TPSA) is 75.6 Å². The maximum absolute atomic E-state index is 13.2. The second-order valence-corrected chi connectivity index (χ2v) is 6.21. The maximum atomic E-state index is 13.2. The van der Waals surface area contributed by atoms with E-state index < -0.39 is 17.9 Å². The van der Waals surface area contributed by atoms with Crippen LogP contribution in [0.4, 0.5) is 8.78 Å². The number of nitrogens with one attached hydrogen (secondary N) is 1. The Hall–Kier alpha value is -2.96. The first-order chi connectivity index (χ1) is 12.8. The van der Waals surface area contributed by atoms with E-state index in [-0.39, 0.29) is 29.9 Å². The van der Waals surface area contributed by atoms with E-state index in [4.69, 9.17) is 4.74 Å². The van der Waals surface area contributed by atoms with Crippen LogP contribution in [-0.2, 0) is 16.0 Å². The van der Waals surface area contributed by atoms with E-state index in [2.05, 4.69) is 5.32 Å². The first-order valence-electron chi connectivity index (χ1n) is 8.52. The van der Waals surface area contributed by atoms with Gasteiger partial charge in [-0.3, -0.25) is 4.79 Å². The lowest BCUT2D eigenvalue weighted by Gasteiger charge is -2.18. The van der Waals surface area contributed by atoms with Crippen LogP contribution in [0.3, 0.4) is 0 Å². The van der Waals surface area contributed by atoms with Gasteiger partial charge in [0, 0.05) is 5.92 Å². The highest BCUT2D eigenvalue weighted by Crippen LogP contribution is 2.14. The molecule has 1 amide bonds. The van der Waals surface area contributed by atoms with Crippen molar-refractivity contribution in [3.63, 3.8) is 0 Å². The van der Waals surface area contributed by atoms with E-state index in [1.54, 1.807) is 19.1 Å². The number of ether oxygens (including phenoxy) is 1. The molecule has 0 aliphatic rings. The number of carboxylic acids is 1. The number of hydrogen-bond acceptors (Lipinski definition) is 3. The van der Waals surface area contributed by atoms with Crippen LogP contribution in [0.15, 0.2) is 48.5 Å². The lowest BCUT2D eigenvalue weighted by molar-refractivity contribution is -0.145. The SMILES string of the molecule is CC(CCc1cccc(F)c1)C(=O)NCC(Oc1ccc(F)cc1)C(=O)O. The average Bonchev–Trinajstić information content (AvgIpc) is 2.64. The molecule has 0 heterocycles. The fourth-order valence-electron chi connectivity index (χ4n) is 2.43. The third-order valence-electron chi connectivity index (χ3n) is 4.03. The third-order valence-corrected chi connectivity index (χ3v) is 4.03. The van der Waals surface area contributed by atoms with Crippen LogP contribution in [-0.4, -0.2) is 29.6 Å². The Labute approximate surface area is 156 Å². The van der Waals surface area contributed by atoms with Crippen molar-refractivity contribution in [1.82, 2.24) is 5.32 Å². The molecule has 0 bridgehead atoms. The van der Waals surface area contributed by atoms with Gasteiger partial charge in [0.15, 0.2) is 0 Å². The molecule has 144 valence electrons. The maximum Gasteiger partial charge on any atom is 0.346 e. The Balaban J connectivity index is 1.83. The molecule has 0 aromatic heterocycles. The summed E-state index contributed by atoms with van der Waals surface area (Å²) in [5, 5.41) is 11.8. The molecule has 0 fully saturated rings. The van der Waals surface area contributed by atoms with Crippen molar-refractivity contribution in [1.29, 1.82) is 0 Å². The minimum Gasteiger partial charge on any atom is -0.478 e. The van der Waals surface area contributed by atoms with Crippen LogP contribution in [0.25, 0.3) is 0 Å². The van der Waals surface area contributed by atoms with Crippen LogP contribution in [0.5, 0.6) is 5.75 Å². The second-order valence-electron chi connectivity index (χ2n) is 6.21. The van der Waals surface area contributed by atoms with E-state index in [1.165, 1.54) is 24.3 Å². The van der Waals surface area contributed by atoms with Gasteiger partial charge in [-0.25, -0.2) is 13.6 Å². The number of carboxylic acid groups (broad SMARTS) is 1. The normalized spacial score (nSPS) is 12.9. The summed E-state index contributed by atoms with van der Waals surface area (Å²) in [5.41, 5.74) is 0.790. The van der Waals surface area contributed by atoms with Crippen molar-refractivity contribution >= 4 is 11.9 Å². The smallest absolute Gasteiger partial charge is 0.346 e. The summed E-state index contributed by atoms with van der Waals surface area (Å²) in [5.74, 6) is -2.54. The van der Waals surface area contributed by atoms with E-state index >= 15 is 0 Å². The second kappa shape index (κ2) is 9.66. The fourth-order valence-corrected chi connectivity index (χ4v) is 2.43. The number of halogens is 2. The molecular weight excluding hydrogens is 356 g/mol. The molecule has 2 aromatic carbocycles. The van der Waals surface area contributed by atoms with Crippen molar-refractivity contribution in [3.8, 4) is 5.75 Å². The molecular formula is C20H21F2NO4. The van der Waals surface area contributed by atoms with Gasteiger partial charge in [0.25, 0.3) is 0 Å². The van der Waals surface area contributed by atoms with E-state index in [1.807, 2.05) is 0 Å². The predicted molar refractivity (Wildman–Crippen MR) is 95.3 cm³/mol. The number of aliphatic carboxylic acids is 1. The molecule has 2 N–H and O–H groups in total. The molecule has 7 heteroatoms. The predicted octanol–water partition coefficient (Wildman–Crippen LogP) is 3.18. The molecule has 5 nitrogen and oxygen atoms in total. The monoisotopic (exact) mass is 377 g/mol. The molecule has 0 spiro atoms. The van der Waals surface area contributed by atoms with E-state index in [9.17, 15) is 23.5 Å². The standard InChI is InChI=1S/C20H21F2NO4/c1-13(5-6-14-3-2-4-16(22)11-14)19(24)23-12-18(20(25)26)27-17-9-7-15(21)8-10-17/h2-4,7-11,13,18H,5-6,12H2,1H3,(H,23,24)(H,25,26). The van der Waals surface area contributed by atoms with Crippen molar-refractivity contribution in [2.45, 2.75) is 25.9 Å². The number of carbonyl (C=O) groups is 2. The lowest BCUT2D eigenvalue weighted by Crippen LogP contribution is -2.42. The van der Waals surface area contributed by atoms with Crippen LogP contribution in [0, 0.1) is 17.6 Å². The minimum absolute atomic E-state index is 0.192. The van der Waals surface area contributed by atoms with Gasteiger partial charge in [-0.1, -0.05) is 19.1 Å². The summed E-state index contributed by atoms with van der Waals surface area (Å²) < 4.78 is 31.3. The Morgan fingerprint density at radius 2 is 1.81 bits per heavy atom. The van der Waals surface area contributed by atoms with Gasteiger partial charge in [-0.15, -0.1) is 0 Å². The van der Waals surface area contributed by atoms with Crippen LogP contribution < -0.4 is 10.1 Å². The fraction of sp³-hybridized carbons (Fsp3) is 0.300. The van der Waals surface area contributed by atoms with Gasteiger partial charge in [0.2, 0.25) is 12.0 Å². The van der Waals surface area contributed by atoms with Gasteiger partial charge in [-0.2, -0.15) is 0 Å². The van der Waals surface area contributed by atoms with Crippen molar-refractivity contribution in [2.75, 3.05) is 6.54 Å². The number of aryl methyl sites for hydroxylation is 1. The zero-order chi connectivity index (χ0) is 19.8. The summed E-state index contributed by atoms with van der Waals surface area (Å²) in [4.78, 5) is 23.5. The van der Waals surface area contributed by atoms with Crippen LogP contribution >= 0.6 is 0 Å². The molecule has 27 heavy (non-hydrogen) atoms. The van der Waals surface area contributed by atoms with Crippen molar-refractivity contribution < 1.29 is 28.2 Å². The first-order valence-corrected chi connectivity index (χ1v) is 8.52. The number of benzene rings is 2. The number of hydrogen-bond donors (Lipinski definition) is 2. The minimum atomic E-state index is -1.30. The van der Waals surface area contributed by atoms with E-state index in [0.29, 0.717) is 12.8 Å². The Kier molecular flexibility index (Phi) is 7.28. The Morgan fingerprint density at radius 3 is 2.44 bits per heavy atom. The van der Waals surface area contributed by atoms with Crippen molar-refractivity contribution in [3.05, 3.63) is 65.7 Å². The van der Waals surface area contributed by atoms with Gasteiger partial charge in [0.1, 0.15) is 17.4 Å². The van der Waals surface area contributed by atoms with Crippen molar-refractivity contribution in [2.24, 2.45) is 5.92 Å². The zero-order valence-corrected chi connectivity index (χ0v) is 14.8. The highest BCUT2D eigenvalue weighted by molar-refractivity contribution is 5.80. The quantitative estimate of drug-likeness (QED) is 0.704. The summed E-state index contributed by atoms with van der Waals surface area (Å²) >= 11 is 0. The highest BCUT2D eigenvalue weighted by atomic mass is 19.1. The summed E-state index contributed by atoms with van der Waals surface area (Å²) in [6.07, 6.45) is -0.276. The summed E-state index contributed by atoms with van der Waals surface area (Å²) in [6, 6.07) is 11.1. The van der Waals surface area contributed by atoms with Gasteiger partial charge in [-0.05, 0) is 54.8 Å². The molecule has 2 unspecified atom stereocenters. The number of carbonyl (C=O) groups excluding carboxylic acids is 1. The first kappa shape index (κ1) is 20.4. The molecule has 2 aromatic rings. The van der Waals surface area contributed by atoms with Gasteiger partial charge >= 0.3 is 5.97 Å². The molecule has 0 aliphatic carbocycles. The zero-order valence-electron chi connectivity index (χ0n) is 14.8. The molecule has 0 saturated heterocycles. The lowest BCUT2D eigenvalue weighted by atomic mass is 10.0. The van der Waals surface area contributed by atoms with Crippen LogP contribution in [0.2, 0.25) is 0 Å². The molecule has 2 rings (SSSR count). The van der Waals surface area contributed by atoms with E-state index in [0.717, 1.165) is 17.7 Å². The summed E-state index contributed by atoms with van der Waals surface area (Å²) in [7, 11) is 0. The van der Waals surface area contributed by atoms with Gasteiger partial charge < -0.3 is 15.2 Å². The Morgan fingerprint density at radius 1 is 1.11 bits per heavy atom. The third kappa shape index (κ3) is 6.69. The number of rotatable bonds is 9. The molecule has 0 saturated carbocycles. The molecule has 2 atom stereocenters. The van der Waals surface area contributed by atoms with Gasteiger partial charge in [0.05, 0.1) is 6.54 Å². The number of amides is 1. The molecule has 0 radical (unpaired) electrons. The highest BCUT2D eigenvalue weighted by Gasteiger charge is 2.22. The summed E-state index contributed by atoms with van der Waals surface area (Å²) in [6.45, 7) is 1.49. The Bertz CT molecular complexity index is 780. The molecule has 0 aliphatic heterocycles. The average molecular weight is 377 g/mol. The largest absolute Gasteiger partial charge is 0.478 e. The van der Waals surface area contributed by atoms with Crippen LogP contribution in [0.1, 0.15) is 18.9 Å².